The van der Waals surface area contributed by atoms with E-state index in [0.717, 1.165) is 42.2 Å². The van der Waals surface area contributed by atoms with Crippen LogP contribution in [-0.4, -0.2) is 18.6 Å². The Morgan fingerprint density at radius 2 is 1.46 bits per heavy atom. The van der Waals surface area contributed by atoms with Crippen molar-refractivity contribution in [1.29, 1.82) is 0 Å². The van der Waals surface area contributed by atoms with Crippen molar-refractivity contribution in [2.75, 3.05) is 12.5 Å². The molecule has 5 nitrogen and oxygen atoms in total. The van der Waals surface area contributed by atoms with Crippen molar-refractivity contribution in [2.24, 2.45) is 5.10 Å². The molecule has 0 unspecified atom stereocenters. The lowest BCUT2D eigenvalue weighted by atomic mass is 9.97. The summed E-state index contributed by atoms with van der Waals surface area (Å²) in [5.41, 5.74) is 4.41. The molecule has 0 heterocycles. The van der Waals surface area contributed by atoms with Crippen LogP contribution in [0.2, 0.25) is 0 Å². The van der Waals surface area contributed by atoms with Gasteiger partial charge in [-0.05, 0) is 67.8 Å². The topological polar surface area (TPSA) is 59.9 Å². The Hall–Kier alpha value is -2.82. The van der Waals surface area contributed by atoms with Crippen LogP contribution >= 0.6 is 0 Å². The SMILES string of the molecule is COc1ccc(Oc2ccc(N/N=C3\CCCCC3=O)cc2)cc1. The number of carbonyl (C=O) groups excluding carboxylic acids is 1. The van der Waals surface area contributed by atoms with E-state index in [1.54, 1.807) is 7.11 Å². The third-order valence-electron chi connectivity index (χ3n) is 3.86. The number of Topliss-reactive ketones (excluding diaryl/α,β-unsaturated/α-hetero) is 1. The maximum absolute atomic E-state index is 11.7. The van der Waals surface area contributed by atoms with Crippen LogP contribution in [0.15, 0.2) is 53.6 Å². The number of ketones is 1. The zero-order chi connectivity index (χ0) is 16.8. The number of benzene rings is 2. The quantitative estimate of drug-likeness (QED) is 0.828. The van der Waals surface area contributed by atoms with Gasteiger partial charge < -0.3 is 9.47 Å². The van der Waals surface area contributed by atoms with Gasteiger partial charge in [0.25, 0.3) is 0 Å². The number of anilines is 1. The van der Waals surface area contributed by atoms with Gasteiger partial charge in [0.05, 0.1) is 12.8 Å². The van der Waals surface area contributed by atoms with Gasteiger partial charge in [0.15, 0.2) is 5.78 Å². The van der Waals surface area contributed by atoms with E-state index < -0.39 is 0 Å². The molecule has 1 saturated carbocycles. The molecular formula is C19H20N2O3. The van der Waals surface area contributed by atoms with E-state index in [-0.39, 0.29) is 5.78 Å². The fourth-order valence-electron chi connectivity index (χ4n) is 2.49. The number of nitrogens with one attached hydrogen (secondary N) is 1. The summed E-state index contributed by atoms with van der Waals surface area (Å²) < 4.78 is 10.9. The summed E-state index contributed by atoms with van der Waals surface area (Å²) in [6, 6.07) is 14.9. The predicted octanol–water partition coefficient (Wildman–Crippen LogP) is 4.40. The first kappa shape index (κ1) is 16.1. The molecule has 1 aliphatic carbocycles. The van der Waals surface area contributed by atoms with E-state index in [1.165, 1.54) is 0 Å². The number of nitrogens with zero attached hydrogens (tertiary/aromatic N) is 1. The second-order valence-electron chi connectivity index (χ2n) is 5.60. The number of hydrogen-bond donors (Lipinski definition) is 1. The highest BCUT2D eigenvalue weighted by molar-refractivity contribution is 6.40. The van der Waals surface area contributed by atoms with Gasteiger partial charge in [-0.2, -0.15) is 5.10 Å². The second-order valence-corrected chi connectivity index (χ2v) is 5.60. The molecule has 1 fully saturated rings. The van der Waals surface area contributed by atoms with Crippen LogP contribution in [0.25, 0.3) is 0 Å². The highest BCUT2D eigenvalue weighted by Crippen LogP contribution is 2.25. The van der Waals surface area contributed by atoms with Gasteiger partial charge in [0, 0.05) is 6.42 Å². The van der Waals surface area contributed by atoms with Crippen LogP contribution in [-0.2, 0) is 4.79 Å². The average Bonchev–Trinajstić information content (AvgIpc) is 2.63. The number of hydrogen-bond acceptors (Lipinski definition) is 5. The molecule has 2 aromatic carbocycles. The minimum atomic E-state index is 0.146. The molecule has 0 spiro atoms. The van der Waals surface area contributed by atoms with E-state index >= 15 is 0 Å². The van der Waals surface area contributed by atoms with Crippen LogP contribution < -0.4 is 14.9 Å². The number of rotatable bonds is 5. The van der Waals surface area contributed by atoms with E-state index in [4.69, 9.17) is 9.47 Å². The highest BCUT2D eigenvalue weighted by Gasteiger charge is 2.16. The summed E-state index contributed by atoms with van der Waals surface area (Å²) >= 11 is 0. The van der Waals surface area contributed by atoms with Crippen molar-refractivity contribution in [2.45, 2.75) is 25.7 Å². The van der Waals surface area contributed by atoms with Gasteiger partial charge in [0.1, 0.15) is 23.0 Å². The summed E-state index contributed by atoms with van der Waals surface area (Å²) in [5, 5.41) is 4.23. The Labute approximate surface area is 141 Å². The molecule has 0 bridgehead atoms. The third-order valence-corrected chi connectivity index (χ3v) is 3.86. The summed E-state index contributed by atoms with van der Waals surface area (Å²) in [5.74, 6) is 2.41. The molecule has 2 aromatic rings. The van der Waals surface area contributed by atoms with Crippen molar-refractivity contribution in [3.05, 3.63) is 48.5 Å². The van der Waals surface area contributed by atoms with Gasteiger partial charge in [0.2, 0.25) is 0 Å². The Morgan fingerprint density at radius 1 is 0.875 bits per heavy atom. The van der Waals surface area contributed by atoms with Gasteiger partial charge in [-0.1, -0.05) is 0 Å². The van der Waals surface area contributed by atoms with Crippen LogP contribution in [0.3, 0.4) is 0 Å². The molecule has 0 atom stereocenters. The largest absolute Gasteiger partial charge is 0.497 e. The van der Waals surface area contributed by atoms with Crippen LogP contribution in [0.5, 0.6) is 17.2 Å². The van der Waals surface area contributed by atoms with E-state index in [9.17, 15) is 4.79 Å². The molecule has 3 rings (SSSR count). The van der Waals surface area contributed by atoms with Crippen LogP contribution in [0, 0.1) is 0 Å². The smallest absolute Gasteiger partial charge is 0.178 e. The summed E-state index contributed by atoms with van der Waals surface area (Å²) in [6.45, 7) is 0. The maximum atomic E-state index is 11.7. The Balaban J connectivity index is 1.60. The van der Waals surface area contributed by atoms with Crippen molar-refractivity contribution in [1.82, 2.24) is 0 Å². The summed E-state index contributed by atoms with van der Waals surface area (Å²) in [4.78, 5) is 11.7. The first-order valence-electron chi connectivity index (χ1n) is 8.02. The third kappa shape index (κ3) is 4.13. The van der Waals surface area contributed by atoms with Crippen LogP contribution in [0.1, 0.15) is 25.7 Å². The summed E-state index contributed by atoms with van der Waals surface area (Å²) in [7, 11) is 1.63. The molecule has 5 heteroatoms. The monoisotopic (exact) mass is 324 g/mol. The van der Waals surface area contributed by atoms with Gasteiger partial charge in [-0.3, -0.25) is 10.2 Å². The lowest BCUT2D eigenvalue weighted by molar-refractivity contribution is -0.113. The number of methoxy groups -OCH3 is 1. The standard InChI is InChI=1S/C19H20N2O3/c1-23-15-10-12-17(13-11-15)24-16-8-6-14(7-9-16)20-21-18-4-2-3-5-19(18)22/h6-13,20H,2-5H2,1H3/b21-18+. The lowest BCUT2D eigenvalue weighted by Gasteiger charge is -2.11. The lowest BCUT2D eigenvalue weighted by Crippen LogP contribution is -2.19. The Morgan fingerprint density at radius 3 is 2.08 bits per heavy atom. The van der Waals surface area contributed by atoms with E-state index in [1.807, 2.05) is 48.5 Å². The zero-order valence-corrected chi connectivity index (χ0v) is 13.6. The predicted molar refractivity (Wildman–Crippen MR) is 94.0 cm³/mol. The highest BCUT2D eigenvalue weighted by atomic mass is 16.5. The molecule has 1 aliphatic rings. The average molecular weight is 324 g/mol. The Kier molecular flexibility index (Phi) is 5.11. The maximum Gasteiger partial charge on any atom is 0.178 e. The summed E-state index contributed by atoms with van der Waals surface area (Å²) in [6.07, 6.45) is 3.36. The molecule has 0 radical (unpaired) electrons. The molecule has 0 aromatic heterocycles. The van der Waals surface area contributed by atoms with E-state index in [0.29, 0.717) is 12.1 Å². The molecular weight excluding hydrogens is 304 g/mol. The first-order chi connectivity index (χ1) is 11.7. The van der Waals surface area contributed by atoms with Crippen LogP contribution in [0.4, 0.5) is 5.69 Å². The number of ether oxygens (including phenoxy) is 2. The molecule has 24 heavy (non-hydrogen) atoms. The normalized spacial score (nSPS) is 16.0. The molecule has 124 valence electrons. The minimum Gasteiger partial charge on any atom is -0.497 e. The fraction of sp³-hybridized carbons (Fsp3) is 0.263. The second kappa shape index (κ2) is 7.64. The minimum absolute atomic E-state index is 0.146. The van der Waals surface area contributed by atoms with Crippen molar-refractivity contribution < 1.29 is 14.3 Å². The van der Waals surface area contributed by atoms with Gasteiger partial charge >= 0.3 is 0 Å². The Bertz CT molecular complexity index is 721. The first-order valence-corrected chi connectivity index (χ1v) is 8.02. The number of hydrazone groups is 1. The fourth-order valence-corrected chi connectivity index (χ4v) is 2.49. The van der Waals surface area contributed by atoms with Crippen molar-refractivity contribution in [3.8, 4) is 17.2 Å². The van der Waals surface area contributed by atoms with Crippen molar-refractivity contribution >= 4 is 17.2 Å². The zero-order valence-electron chi connectivity index (χ0n) is 13.6. The molecule has 0 saturated heterocycles. The molecule has 0 amide bonds. The van der Waals surface area contributed by atoms with Gasteiger partial charge in [-0.15, -0.1) is 0 Å². The van der Waals surface area contributed by atoms with Crippen molar-refractivity contribution in [3.63, 3.8) is 0 Å². The number of carbonyl (C=O) groups is 1. The van der Waals surface area contributed by atoms with E-state index in [2.05, 4.69) is 10.5 Å². The molecule has 1 N–H and O–H groups in total. The molecule has 0 aliphatic heterocycles. The van der Waals surface area contributed by atoms with Gasteiger partial charge in [-0.25, -0.2) is 0 Å².